The molecule has 5 heteroatoms. The first kappa shape index (κ1) is 30.2. The van der Waals surface area contributed by atoms with Crippen molar-refractivity contribution >= 4 is 39.9 Å². The van der Waals surface area contributed by atoms with Gasteiger partial charge in [-0.25, -0.2) is 9.59 Å². The van der Waals surface area contributed by atoms with E-state index in [1.807, 2.05) is 0 Å². The smallest absolute Gasteiger partial charge is 0.336 e. The summed E-state index contributed by atoms with van der Waals surface area (Å²) in [5.74, 6) is -2.46. The number of carboxylic acid groups (broad SMARTS) is 2. The SMILES string of the molecule is CCCCCCCCCCCCCCCCC[CH2][Na].O=C(O)c1ccccc1C(=O)O. The average molecular weight is 443 g/mol. The molecule has 0 bridgehead atoms. The summed E-state index contributed by atoms with van der Waals surface area (Å²) in [4.78, 5) is 20.9. The van der Waals surface area contributed by atoms with Gasteiger partial charge in [0.1, 0.15) is 0 Å². The number of carbonyl (C=O) groups is 2. The molecule has 0 saturated carbocycles. The van der Waals surface area contributed by atoms with Crippen molar-refractivity contribution in [3.05, 3.63) is 35.4 Å². The maximum absolute atomic E-state index is 10.5. The van der Waals surface area contributed by atoms with Crippen LogP contribution >= 0.6 is 0 Å². The number of carboxylic acids is 2. The van der Waals surface area contributed by atoms with Crippen LogP contribution in [0.2, 0.25) is 3.67 Å². The van der Waals surface area contributed by atoms with Crippen molar-refractivity contribution in [3.63, 3.8) is 0 Å². The number of benzene rings is 1. The number of hydrogen-bond donors (Lipinski definition) is 2. The number of unbranched alkanes of at least 4 members (excludes halogenated alkanes) is 15. The third kappa shape index (κ3) is 18.4. The quantitative estimate of drug-likeness (QED) is 0.179. The summed E-state index contributed by atoms with van der Waals surface area (Å²) in [5, 5.41) is 17.1. The molecule has 0 heterocycles. The fourth-order valence-corrected chi connectivity index (χ4v) is 4.15. The maximum atomic E-state index is 10.5. The van der Waals surface area contributed by atoms with Crippen LogP contribution in [0.15, 0.2) is 24.3 Å². The molecule has 1 aromatic carbocycles. The van der Waals surface area contributed by atoms with E-state index in [1.54, 1.807) is 0 Å². The minimum absolute atomic E-state index is 0.190. The largest absolute Gasteiger partial charge is 0.478 e. The van der Waals surface area contributed by atoms with E-state index in [-0.39, 0.29) is 11.1 Å². The molecule has 0 saturated heterocycles. The van der Waals surface area contributed by atoms with Crippen LogP contribution in [0.4, 0.5) is 0 Å². The van der Waals surface area contributed by atoms with Gasteiger partial charge < -0.3 is 10.2 Å². The Morgan fingerprint density at radius 3 is 1.16 bits per heavy atom. The molecule has 0 aliphatic carbocycles. The van der Waals surface area contributed by atoms with Gasteiger partial charge in [0.15, 0.2) is 0 Å². The Morgan fingerprint density at radius 1 is 0.613 bits per heavy atom. The molecular weight excluding hydrogens is 399 g/mol. The van der Waals surface area contributed by atoms with Crippen LogP contribution in [-0.2, 0) is 0 Å². The summed E-state index contributed by atoms with van der Waals surface area (Å²) in [6.07, 6.45) is 23.7. The van der Waals surface area contributed by atoms with E-state index in [2.05, 4.69) is 6.92 Å². The van der Waals surface area contributed by atoms with Crippen LogP contribution in [0.5, 0.6) is 0 Å². The number of hydrogen-bond acceptors (Lipinski definition) is 2. The first-order valence-electron chi connectivity index (χ1n) is 12.6. The van der Waals surface area contributed by atoms with E-state index in [0.29, 0.717) is 0 Å². The zero-order chi connectivity index (χ0) is 23.2. The van der Waals surface area contributed by atoms with Crippen LogP contribution in [0.3, 0.4) is 0 Å². The molecule has 0 atom stereocenters. The van der Waals surface area contributed by atoms with Crippen molar-refractivity contribution in [1.82, 2.24) is 0 Å². The molecule has 1 rings (SSSR count). The van der Waals surface area contributed by atoms with Crippen molar-refractivity contribution in [2.45, 2.75) is 113 Å². The topological polar surface area (TPSA) is 74.6 Å². The Kier molecular flexibility index (Phi) is 21.8. The Labute approximate surface area is 207 Å². The second-order valence-corrected chi connectivity index (χ2v) is 9.46. The van der Waals surface area contributed by atoms with Gasteiger partial charge in [-0.05, 0) is 12.1 Å². The second-order valence-electron chi connectivity index (χ2n) is 8.46. The Morgan fingerprint density at radius 2 is 0.903 bits per heavy atom. The zero-order valence-electron chi connectivity index (χ0n) is 20.0. The van der Waals surface area contributed by atoms with Gasteiger partial charge in [0.2, 0.25) is 0 Å². The molecule has 31 heavy (non-hydrogen) atoms. The third-order valence-corrected chi connectivity index (χ3v) is 6.30. The third-order valence-electron chi connectivity index (χ3n) is 5.59. The summed E-state index contributed by atoms with van der Waals surface area (Å²) in [6, 6.07) is 5.48. The second kappa shape index (κ2) is 22.4. The minimum Gasteiger partial charge on any atom is -0.478 e. The molecule has 0 aliphatic heterocycles. The van der Waals surface area contributed by atoms with Crippen LogP contribution in [0.1, 0.15) is 130 Å². The van der Waals surface area contributed by atoms with E-state index >= 15 is 0 Å². The summed E-state index contributed by atoms with van der Waals surface area (Å²) in [6.45, 7) is 2.30. The van der Waals surface area contributed by atoms with Gasteiger partial charge in [-0.15, -0.1) is 0 Å². The van der Waals surface area contributed by atoms with Crippen molar-refractivity contribution < 1.29 is 19.8 Å². The normalized spacial score (nSPS) is 10.4. The monoisotopic (exact) mass is 442 g/mol. The molecular formula is C26H43NaO4. The van der Waals surface area contributed by atoms with Gasteiger partial charge in [0, 0.05) is 0 Å². The Balaban J connectivity index is 0.000000639. The van der Waals surface area contributed by atoms with Crippen LogP contribution in [-0.4, -0.2) is 50.1 Å². The van der Waals surface area contributed by atoms with Gasteiger partial charge in [-0.1, -0.05) is 51.2 Å². The molecule has 2 N–H and O–H groups in total. The predicted octanol–water partition coefficient (Wildman–Crippen LogP) is 7.92. The molecule has 0 radical (unpaired) electrons. The maximum Gasteiger partial charge on any atom is 0.336 e. The first-order valence-corrected chi connectivity index (χ1v) is 14.0. The van der Waals surface area contributed by atoms with E-state index in [4.69, 9.17) is 10.2 Å². The fourth-order valence-electron chi connectivity index (χ4n) is 3.65. The number of rotatable bonds is 18. The fraction of sp³-hybridized carbons (Fsp3) is 0.692. The number of aromatic carboxylic acids is 2. The van der Waals surface area contributed by atoms with Crippen molar-refractivity contribution in [1.29, 1.82) is 0 Å². The minimum atomic E-state index is -1.23. The van der Waals surface area contributed by atoms with E-state index in [0.717, 1.165) is 0 Å². The van der Waals surface area contributed by atoms with Gasteiger partial charge >= 0.3 is 114 Å². The molecule has 0 aromatic heterocycles. The van der Waals surface area contributed by atoms with Gasteiger partial charge in [-0.3, -0.25) is 0 Å². The van der Waals surface area contributed by atoms with E-state index in [1.165, 1.54) is 159 Å². The molecule has 0 amide bonds. The average Bonchev–Trinajstić information content (AvgIpc) is 2.77. The van der Waals surface area contributed by atoms with Crippen LogP contribution in [0.25, 0.3) is 0 Å². The summed E-state index contributed by atoms with van der Waals surface area (Å²) in [5.41, 5.74) is -0.380. The molecule has 0 spiro atoms. The van der Waals surface area contributed by atoms with Crippen LogP contribution < -0.4 is 0 Å². The van der Waals surface area contributed by atoms with E-state index < -0.39 is 11.9 Å². The molecule has 0 aliphatic rings. The zero-order valence-corrected chi connectivity index (χ0v) is 22.0. The summed E-state index contributed by atoms with van der Waals surface area (Å²) in [7, 11) is 0. The molecule has 0 fully saturated rings. The standard InChI is InChI=1S/C18H37.C8H6O4.Na/c1-3-5-7-9-11-13-15-17-18-16-14-12-10-8-6-4-2;9-7(10)5-3-1-2-4-6(5)8(11)12;/h1,3-18H2,2H3;1-4H,(H,9,10)(H,11,12);. The first-order chi connectivity index (χ1) is 15.0. The van der Waals surface area contributed by atoms with Crippen molar-refractivity contribution in [2.24, 2.45) is 0 Å². The molecule has 172 valence electrons. The molecule has 4 nitrogen and oxygen atoms in total. The van der Waals surface area contributed by atoms with Crippen molar-refractivity contribution in [2.75, 3.05) is 0 Å². The van der Waals surface area contributed by atoms with Gasteiger partial charge in [0.05, 0.1) is 11.1 Å². The Bertz CT molecular complexity index is 525. The van der Waals surface area contributed by atoms with Gasteiger partial charge in [-0.2, -0.15) is 0 Å². The summed E-state index contributed by atoms with van der Waals surface area (Å²) >= 11 is 1.41. The van der Waals surface area contributed by atoms with E-state index in [9.17, 15) is 9.59 Å². The molecule has 0 unspecified atom stereocenters. The molecule has 1 aromatic rings. The van der Waals surface area contributed by atoms with Crippen LogP contribution in [0, 0.1) is 0 Å². The Hall–Kier alpha value is -0.840. The van der Waals surface area contributed by atoms with Gasteiger partial charge in [0.25, 0.3) is 0 Å². The summed E-state index contributed by atoms with van der Waals surface area (Å²) < 4.78 is 1.51. The van der Waals surface area contributed by atoms with Crippen molar-refractivity contribution in [3.8, 4) is 0 Å². The predicted molar refractivity (Wildman–Crippen MR) is 130 cm³/mol.